The van der Waals surface area contributed by atoms with Gasteiger partial charge in [0.15, 0.2) is 0 Å². The molecule has 0 radical (unpaired) electrons. The monoisotopic (exact) mass is 581 g/mol. The summed E-state index contributed by atoms with van der Waals surface area (Å²) in [4.78, 5) is 5.30. The molecule has 0 spiro atoms. The van der Waals surface area contributed by atoms with Crippen molar-refractivity contribution in [2.45, 2.75) is 55.9 Å². The third-order valence-corrected chi connectivity index (χ3v) is 8.70. The fourth-order valence-corrected chi connectivity index (χ4v) is 6.19. The van der Waals surface area contributed by atoms with Crippen LogP contribution in [0.15, 0.2) is 75.2 Å². The Balaban J connectivity index is 0.00000420. The summed E-state index contributed by atoms with van der Waals surface area (Å²) >= 11 is 0. The van der Waals surface area contributed by atoms with Crippen molar-refractivity contribution in [1.82, 2.24) is 0 Å². The first kappa shape index (κ1) is 31.5. The molecule has 1 heterocycles. The Bertz CT molecular complexity index is 1550. The Morgan fingerprint density at radius 1 is 0.974 bits per heavy atom. The fourth-order valence-electron chi connectivity index (χ4n) is 4.86. The summed E-state index contributed by atoms with van der Waals surface area (Å²) in [6, 6.07) is 8.63. The number of allylic oxidation sites excluding steroid dienone is 3. The molecule has 3 unspecified atom stereocenters. The van der Waals surface area contributed by atoms with Crippen LogP contribution < -0.4 is 39.2 Å². The molecule has 1 aliphatic carbocycles. The second-order valence-corrected chi connectivity index (χ2v) is 12.1. The Morgan fingerprint density at radius 2 is 1.64 bits per heavy atom. The zero-order valence-electron chi connectivity index (χ0n) is 22.6. The quantitative estimate of drug-likeness (QED) is 0.335. The Labute approximate surface area is 252 Å². The number of ether oxygens (including phenoxy) is 1. The van der Waals surface area contributed by atoms with Crippen LogP contribution in [0.25, 0.3) is 0 Å². The first-order valence-corrected chi connectivity index (χ1v) is 15.3. The molecule has 0 amide bonds. The molecule has 0 N–H and O–H groups in total. The van der Waals surface area contributed by atoms with Gasteiger partial charge in [0.25, 0.3) is 0 Å². The molecule has 3 atom stereocenters. The van der Waals surface area contributed by atoms with Crippen molar-refractivity contribution in [3.8, 4) is 5.75 Å². The summed E-state index contributed by atoms with van der Waals surface area (Å²) in [5, 5.41) is 0. The van der Waals surface area contributed by atoms with E-state index in [1.54, 1.807) is 6.08 Å². The minimum atomic E-state index is -5.14. The van der Waals surface area contributed by atoms with Crippen molar-refractivity contribution in [3.63, 3.8) is 0 Å². The third kappa shape index (κ3) is 6.67. The van der Waals surface area contributed by atoms with Gasteiger partial charge in [-0.3, -0.25) is 4.99 Å². The molecule has 0 fully saturated rings. The Kier molecular flexibility index (Phi) is 9.91. The minimum absolute atomic E-state index is 0. The minimum Gasteiger partial charge on any atom is -0.744 e. The SMILES string of the molecule is CCC(C)N=C1C=CC2C(=C1)Oc1cc(N(CC)CC)ccc1C2c1ccc(S(=O)(=O)[O-])cc1S(=O)(=O)[O-].[Na+]. The van der Waals surface area contributed by atoms with Gasteiger partial charge in [-0.15, -0.1) is 0 Å². The van der Waals surface area contributed by atoms with E-state index in [0.29, 0.717) is 28.9 Å². The molecule has 12 heteroatoms. The number of rotatable bonds is 8. The number of aliphatic imine (C=N–C) groups is 1. The van der Waals surface area contributed by atoms with Crippen molar-refractivity contribution in [3.05, 3.63) is 71.5 Å². The molecule has 1 aliphatic heterocycles. The second-order valence-electron chi connectivity index (χ2n) is 9.32. The normalized spacial score (nSPS) is 20.3. The van der Waals surface area contributed by atoms with E-state index in [1.165, 1.54) is 6.07 Å². The molecule has 2 aromatic carbocycles. The van der Waals surface area contributed by atoms with E-state index < -0.39 is 41.9 Å². The van der Waals surface area contributed by atoms with E-state index in [1.807, 2.05) is 58.0 Å². The van der Waals surface area contributed by atoms with Gasteiger partial charge in [0, 0.05) is 54.4 Å². The predicted octanol–water partition coefficient (Wildman–Crippen LogP) is 1.18. The van der Waals surface area contributed by atoms with Gasteiger partial charge in [-0.05, 0) is 57.0 Å². The maximum atomic E-state index is 12.3. The maximum absolute atomic E-state index is 12.3. The summed E-state index contributed by atoms with van der Waals surface area (Å²) in [6.07, 6.45) is 6.33. The van der Waals surface area contributed by atoms with E-state index in [9.17, 15) is 25.9 Å². The van der Waals surface area contributed by atoms with Gasteiger partial charge >= 0.3 is 29.6 Å². The van der Waals surface area contributed by atoms with E-state index in [-0.39, 0.29) is 41.2 Å². The van der Waals surface area contributed by atoms with Gasteiger partial charge in [-0.1, -0.05) is 25.1 Å². The molecule has 204 valence electrons. The van der Waals surface area contributed by atoms with Crippen molar-refractivity contribution < 1.29 is 60.2 Å². The molecule has 0 saturated heterocycles. The second kappa shape index (κ2) is 12.3. The van der Waals surface area contributed by atoms with Gasteiger partial charge in [-0.2, -0.15) is 0 Å². The number of nitrogens with zero attached hydrogens (tertiary/aromatic N) is 2. The van der Waals surface area contributed by atoms with Gasteiger partial charge in [-0.25, -0.2) is 16.8 Å². The standard InChI is InChI=1S/C27H32N2O7S2.Na/c1-5-17(4)28-18-8-11-21-24(14-18)36-25-15-19(29(6-2)7-3)9-12-22(25)27(21)23-13-10-20(37(30,31)32)16-26(23)38(33,34)35;/h8-17,21,27H,5-7H2,1-4H3,(H,30,31,32)(H,33,34,35);/q;+1/p-2. The van der Waals surface area contributed by atoms with Crippen LogP contribution in [0.1, 0.15) is 51.2 Å². The van der Waals surface area contributed by atoms with Crippen LogP contribution in [0.3, 0.4) is 0 Å². The van der Waals surface area contributed by atoms with Crippen molar-refractivity contribution in [1.29, 1.82) is 0 Å². The number of benzene rings is 2. The number of anilines is 1. The number of hydrogen-bond acceptors (Lipinski definition) is 9. The third-order valence-electron chi connectivity index (χ3n) is 6.98. The van der Waals surface area contributed by atoms with Gasteiger partial charge in [0.1, 0.15) is 31.7 Å². The maximum Gasteiger partial charge on any atom is 1.00 e. The van der Waals surface area contributed by atoms with Crippen LogP contribution in [-0.4, -0.2) is 50.8 Å². The smallest absolute Gasteiger partial charge is 0.744 e. The van der Waals surface area contributed by atoms with Crippen LogP contribution in [0.2, 0.25) is 0 Å². The first-order valence-electron chi connectivity index (χ1n) is 12.5. The molecule has 0 bridgehead atoms. The zero-order valence-corrected chi connectivity index (χ0v) is 26.3. The zero-order chi connectivity index (χ0) is 27.8. The van der Waals surface area contributed by atoms with E-state index in [4.69, 9.17) is 4.74 Å². The summed E-state index contributed by atoms with van der Waals surface area (Å²) < 4.78 is 78.2. The van der Waals surface area contributed by atoms with Crippen LogP contribution in [0.4, 0.5) is 5.69 Å². The molecule has 2 aliphatic rings. The van der Waals surface area contributed by atoms with Crippen LogP contribution in [0, 0.1) is 5.92 Å². The van der Waals surface area contributed by atoms with Gasteiger partial charge in [0.2, 0.25) is 0 Å². The van der Waals surface area contributed by atoms with Gasteiger partial charge in [0.05, 0.1) is 15.5 Å². The predicted molar refractivity (Wildman–Crippen MR) is 143 cm³/mol. The molecular formula is C27H30N2NaO7S2-. The average molecular weight is 582 g/mol. The first-order chi connectivity index (χ1) is 17.9. The van der Waals surface area contributed by atoms with E-state index >= 15 is 0 Å². The number of hydrogen-bond donors (Lipinski definition) is 0. The summed E-state index contributed by atoms with van der Waals surface area (Å²) in [5.74, 6) is -0.166. The molecule has 39 heavy (non-hydrogen) atoms. The van der Waals surface area contributed by atoms with Crippen LogP contribution in [0.5, 0.6) is 5.75 Å². The van der Waals surface area contributed by atoms with Crippen molar-refractivity contribution in [2.24, 2.45) is 10.9 Å². The van der Waals surface area contributed by atoms with Crippen molar-refractivity contribution in [2.75, 3.05) is 18.0 Å². The van der Waals surface area contributed by atoms with Crippen LogP contribution >= 0.6 is 0 Å². The average Bonchev–Trinajstić information content (AvgIpc) is 2.86. The number of fused-ring (bicyclic) bond motifs is 2. The van der Waals surface area contributed by atoms with E-state index in [0.717, 1.165) is 31.3 Å². The van der Waals surface area contributed by atoms with E-state index in [2.05, 4.69) is 9.89 Å². The molecular weight excluding hydrogens is 551 g/mol. The fraction of sp³-hybridized carbons (Fsp3) is 0.370. The molecule has 0 saturated carbocycles. The Morgan fingerprint density at radius 3 is 2.23 bits per heavy atom. The molecule has 2 aromatic rings. The molecule has 4 rings (SSSR count). The largest absolute Gasteiger partial charge is 1.00 e. The summed E-state index contributed by atoms with van der Waals surface area (Å²) in [5.41, 5.74) is 2.35. The Hall–Kier alpha value is -1.99. The topological polar surface area (TPSA) is 139 Å². The summed E-state index contributed by atoms with van der Waals surface area (Å²) in [6.45, 7) is 9.63. The van der Waals surface area contributed by atoms with Crippen molar-refractivity contribution >= 4 is 31.6 Å². The van der Waals surface area contributed by atoms with Crippen LogP contribution in [-0.2, 0) is 20.2 Å². The van der Waals surface area contributed by atoms with Gasteiger partial charge < -0.3 is 18.7 Å². The molecule has 0 aromatic heterocycles. The summed E-state index contributed by atoms with van der Waals surface area (Å²) in [7, 11) is -10.1. The molecule has 9 nitrogen and oxygen atoms in total.